The van der Waals surface area contributed by atoms with Crippen LogP contribution >= 0.6 is 0 Å². The molecule has 6 nitrogen and oxygen atoms in total. The van der Waals surface area contributed by atoms with Crippen LogP contribution in [0.1, 0.15) is 5.56 Å². The second-order valence-corrected chi connectivity index (χ2v) is 5.35. The summed E-state index contributed by atoms with van der Waals surface area (Å²) in [6.45, 7) is 1.98. The maximum Gasteiger partial charge on any atom is 0.246 e. The second kappa shape index (κ2) is 6.74. The van der Waals surface area contributed by atoms with E-state index in [2.05, 4.69) is 27.0 Å². The molecule has 0 spiro atoms. The van der Waals surface area contributed by atoms with Gasteiger partial charge in [-0.3, -0.25) is 4.79 Å². The number of halogens is 1. The smallest absolute Gasteiger partial charge is 0.246 e. The first kappa shape index (κ1) is 15.4. The Bertz CT molecular complexity index is 691. The summed E-state index contributed by atoms with van der Waals surface area (Å²) in [6, 6.07) is 13.2. The number of hydrogen-bond acceptors (Lipinski definition) is 5. The van der Waals surface area contributed by atoms with Gasteiger partial charge in [-0.15, -0.1) is 0 Å². The van der Waals surface area contributed by atoms with Crippen molar-refractivity contribution in [3.63, 3.8) is 0 Å². The first-order valence-electron chi connectivity index (χ1n) is 7.28. The van der Waals surface area contributed by atoms with Crippen LogP contribution in [0, 0.1) is 12.7 Å². The highest BCUT2D eigenvalue weighted by Crippen LogP contribution is 2.15. The van der Waals surface area contributed by atoms with Crippen molar-refractivity contribution in [2.45, 2.75) is 19.1 Å². The van der Waals surface area contributed by atoms with Crippen molar-refractivity contribution in [3.05, 3.63) is 59.9 Å². The summed E-state index contributed by atoms with van der Waals surface area (Å²) >= 11 is 0. The normalized spacial score (nSPS) is 20.3. The lowest BCUT2D eigenvalue weighted by atomic mass is 10.2. The molecule has 2 aromatic rings. The summed E-state index contributed by atoms with van der Waals surface area (Å²) < 4.78 is 13.7. The van der Waals surface area contributed by atoms with E-state index in [1.165, 1.54) is 6.07 Å². The molecule has 23 heavy (non-hydrogen) atoms. The van der Waals surface area contributed by atoms with Crippen molar-refractivity contribution in [1.29, 1.82) is 0 Å². The number of aryl methyl sites for hydroxylation is 1. The predicted molar refractivity (Wildman–Crippen MR) is 86.8 cm³/mol. The van der Waals surface area contributed by atoms with Gasteiger partial charge >= 0.3 is 0 Å². The maximum absolute atomic E-state index is 13.7. The van der Waals surface area contributed by atoms with Crippen molar-refractivity contribution in [1.82, 2.24) is 16.4 Å². The molecule has 1 fully saturated rings. The van der Waals surface area contributed by atoms with Gasteiger partial charge in [0, 0.05) is 5.69 Å². The Labute approximate surface area is 133 Å². The molecule has 1 amide bonds. The molecule has 7 heteroatoms. The summed E-state index contributed by atoms with van der Waals surface area (Å²) in [5, 5.41) is 5.79. The SMILES string of the molecule is Cc1ccc(NC(=O)C2NNNC2Nc2ccccc2F)cc1. The quantitative estimate of drug-likeness (QED) is 0.591. The first-order chi connectivity index (χ1) is 11.1. The molecule has 1 aliphatic rings. The van der Waals surface area contributed by atoms with E-state index in [0.29, 0.717) is 11.4 Å². The van der Waals surface area contributed by atoms with E-state index < -0.39 is 12.2 Å². The molecule has 2 atom stereocenters. The van der Waals surface area contributed by atoms with E-state index in [-0.39, 0.29) is 11.7 Å². The molecule has 2 unspecified atom stereocenters. The Morgan fingerprint density at radius 1 is 1.09 bits per heavy atom. The van der Waals surface area contributed by atoms with E-state index in [0.717, 1.165) is 5.56 Å². The molecule has 120 valence electrons. The molecule has 0 aromatic heterocycles. The Hall–Kier alpha value is -2.48. The summed E-state index contributed by atoms with van der Waals surface area (Å²) in [5.41, 5.74) is 10.5. The number of amides is 1. The van der Waals surface area contributed by atoms with Crippen LogP contribution in [0.3, 0.4) is 0 Å². The van der Waals surface area contributed by atoms with Crippen molar-refractivity contribution >= 4 is 17.3 Å². The fourth-order valence-electron chi connectivity index (χ4n) is 2.30. The molecule has 2 aromatic carbocycles. The van der Waals surface area contributed by atoms with Gasteiger partial charge in [-0.1, -0.05) is 29.8 Å². The van der Waals surface area contributed by atoms with Crippen LogP contribution in [0.25, 0.3) is 0 Å². The van der Waals surface area contributed by atoms with Gasteiger partial charge in [-0.25, -0.2) is 15.2 Å². The number of nitrogens with one attached hydrogen (secondary N) is 5. The maximum atomic E-state index is 13.7. The van der Waals surface area contributed by atoms with Gasteiger partial charge in [-0.2, -0.15) is 5.53 Å². The largest absolute Gasteiger partial charge is 0.365 e. The van der Waals surface area contributed by atoms with Gasteiger partial charge in [0.1, 0.15) is 18.0 Å². The highest BCUT2D eigenvalue weighted by atomic mass is 19.1. The lowest BCUT2D eigenvalue weighted by Gasteiger charge is -2.20. The van der Waals surface area contributed by atoms with Gasteiger partial charge in [0.25, 0.3) is 0 Å². The molecule has 1 saturated heterocycles. The average molecular weight is 315 g/mol. The molecule has 0 aliphatic carbocycles. The van der Waals surface area contributed by atoms with E-state index in [9.17, 15) is 9.18 Å². The minimum Gasteiger partial charge on any atom is -0.365 e. The zero-order valence-corrected chi connectivity index (χ0v) is 12.6. The van der Waals surface area contributed by atoms with Gasteiger partial charge < -0.3 is 10.6 Å². The standard InChI is InChI=1S/C16H18FN5O/c1-10-6-8-11(9-7-10)18-16(23)14-15(21-22-20-14)19-13-5-3-2-4-12(13)17/h2-9,14-15,19-22H,1H3,(H,18,23). The van der Waals surface area contributed by atoms with Crippen LogP contribution in [0.2, 0.25) is 0 Å². The Morgan fingerprint density at radius 2 is 1.83 bits per heavy atom. The molecular weight excluding hydrogens is 297 g/mol. The molecular formula is C16H18FN5O. The van der Waals surface area contributed by atoms with Crippen LogP contribution in [0.15, 0.2) is 48.5 Å². The molecule has 0 radical (unpaired) electrons. The number of carbonyl (C=O) groups is 1. The van der Waals surface area contributed by atoms with Crippen LogP contribution in [0.4, 0.5) is 15.8 Å². The molecule has 0 bridgehead atoms. The number of hydrazine groups is 2. The second-order valence-electron chi connectivity index (χ2n) is 5.35. The summed E-state index contributed by atoms with van der Waals surface area (Å²) in [6.07, 6.45) is -0.502. The van der Waals surface area contributed by atoms with Crippen molar-refractivity contribution in [3.8, 4) is 0 Å². The molecule has 0 saturated carbocycles. The minimum atomic E-state index is -0.615. The van der Waals surface area contributed by atoms with Gasteiger partial charge in [0.2, 0.25) is 5.91 Å². The number of benzene rings is 2. The molecule has 1 heterocycles. The van der Waals surface area contributed by atoms with Gasteiger partial charge in [-0.05, 0) is 31.2 Å². The lowest BCUT2D eigenvalue weighted by molar-refractivity contribution is -0.118. The Balaban J connectivity index is 1.67. The zero-order valence-electron chi connectivity index (χ0n) is 12.6. The van der Waals surface area contributed by atoms with Crippen LogP contribution in [-0.4, -0.2) is 18.1 Å². The number of anilines is 2. The number of carbonyl (C=O) groups excluding carboxylic acids is 1. The van der Waals surface area contributed by atoms with Crippen molar-refractivity contribution < 1.29 is 9.18 Å². The van der Waals surface area contributed by atoms with Crippen LogP contribution in [0.5, 0.6) is 0 Å². The third kappa shape index (κ3) is 3.65. The summed E-state index contributed by atoms with van der Waals surface area (Å²) in [5.74, 6) is -0.612. The van der Waals surface area contributed by atoms with Crippen molar-refractivity contribution in [2.75, 3.05) is 10.6 Å². The van der Waals surface area contributed by atoms with E-state index in [1.807, 2.05) is 31.2 Å². The highest BCUT2D eigenvalue weighted by molar-refractivity contribution is 5.95. The van der Waals surface area contributed by atoms with Crippen LogP contribution < -0.4 is 27.0 Å². The topological polar surface area (TPSA) is 77.2 Å². The third-order valence-corrected chi connectivity index (χ3v) is 3.58. The summed E-state index contributed by atoms with van der Waals surface area (Å²) in [7, 11) is 0. The molecule has 3 rings (SSSR count). The van der Waals surface area contributed by atoms with Gasteiger partial charge in [0.15, 0.2) is 0 Å². The number of rotatable bonds is 4. The fraction of sp³-hybridized carbons (Fsp3) is 0.188. The first-order valence-corrected chi connectivity index (χ1v) is 7.28. The number of hydrogen-bond donors (Lipinski definition) is 5. The van der Waals surface area contributed by atoms with Crippen molar-refractivity contribution in [2.24, 2.45) is 0 Å². The zero-order chi connectivity index (χ0) is 16.2. The Morgan fingerprint density at radius 3 is 2.57 bits per heavy atom. The van der Waals surface area contributed by atoms with E-state index in [1.54, 1.807) is 18.2 Å². The van der Waals surface area contributed by atoms with Crippen LogP contribution in [-0.2, 0) is 4.79 Å². The van der Waals surface area contributed by atoms with E-state index in [4.69, 9.17) is 0 Å². The molecule has 1 aliphatic heterocycles. The number of para-hydroxylation sites is 1. The summed E-state index contributed by atoms with van der Waals surface area (Å²) in [4.78, 5) is 12.4. The minimum absolute atomic E-state index is 0.236. The van der Waals surface area contributed by atoms with Gasteiger partial charge in [0.05, 0.1) is 5.69 Å². The Kier molecular flexibility index (Phi) is 4.52. The monoisotopic (exact) mass is 315 g/mol. The predicted octanol–water partition coefficient (Wildman–Crippen LogP) is 1.49. The fourth-order valence-corrected chi connectivity index (χ4v) is 2.30. The van der Waals surface area contributed by atoms with E-state index >= 15 is 0 Å². The molecule has 5 N–H and O–H groups in total. The third-order valence-electron chi connectivity index (χ3n) is 3.58. The average Bonchev–Trinajstić information content (AvgIpc) is 3.00. The lowest BCUT2D eigenvalue weighted by Crippen LogP contribution is -2.48. The highest BCUT2D eigenvalue weighted by Gasteiger charge is 2.33.